The third-order valence-electron chi connectivity index (χ3n) is 1.98. The molecule has 0 saturated carbocycles. The van der Waals surface area contributed by atoms with E-state index in [0.29, 0.717) is 5.69 Å². The van der Waals surface area contributed by atoms with Crippen LogP contribution in [0.15, 0.2) is 24.3 Å². The summed E-state index contributed by atoms with van der Waals surface area (Å²) in [5, 5.41) is 11.0. The molecule has 0 saturated heterocycles. The number of hydrogen-bond acceptors (Lipinski definition) is 3. The molecule has 0 fully saturated rings. The van der Waals surface area contributed by atoms with Gasteiger partial charge < -0.3 is 10.4 Å². The van der Waals surface area contributed by atoms with Gasteiger partial charge in [-0.15, -0.1) is 0 Å². The zero-order valence-corrected chi connectivity index (χ0v) is 10.0. The first kappa shape index (κ1) is 13.8. The van der Waals surface area contributed by atoms with E-state index in [0.717, 1.165) is 0 Å². The largest absolute Gasteiger partial charge is 0.395 e. The lowest BCUT2D eigenvalue weighted by Gasteiger charge is -2.04. The van der Waals surface area contributed by atoms with Crippen molar-refractivity contribution in [2.75, 3.05) is 23.4 Å². The van der Waals surface area contributed by atoms with E-state index in [4.69, 9.17) is 5.11 Å². The van der Waals surface area contributed by atoms with Gasteiger partial charge in [0.1, 0.15) is 5.82 Å². The van der Waals surface area contributed by atoms with Crippen molar-refractivity contribution in [3.8, 4) is 0 Å². The molecular weight excluding hydrogens is 245 g/mol. The highest BCUT2D eigenvalue weighted by Gasteiger charge is 2.06. The monoisotopic (exact) mass is 259 g/mol. The number of aliphatic hydroxyl groups excluding tert-OH is 1. The van der Waals surface area contributed by atoms with Gasteiger partial charge in [0.25, 0.3) is 0 Å². The van der Waals surface area contributed by atoms with Crippen LogP contribution in [-0.4, -0.2) is 33.3 Å². The number of rotatable bonds is 6. The average Bonchev–Trinajstić information content (AvgIpc) is 2.27. The predicted octanol–water partition coefficient (Wildman–Crippen LogP) is 0.895. The molecular formula is C11H14FNO3S. The second-order valence-corrected chi connectivity index (χ2v) is 5.08. The molecule has 1 rings (SSSR count). The van der Waals surface area contributed by atoms with E-state index in [1.165, 1.54) is 18.2 Å². The molecule has 2 N–H and O–H groups in total. The van der Waals surface area contributed by atoms with Crippen molar-refractivity contribution < 1.29 is 18.5 Å². The van der Waals surface area contributed by atoms with Crippen LogP contribution in [0.25, 0.3) is 0 Å². The summed E-state index contributed by atoms with van der Waals surface area (Å²) in [5.41, 5.74) is 0.378. The number of hydrogen-bond donors (Lipinski definition) is 2. The minimum atomic E-state index is -1.19. The average molecular weight is 259 g/mol. The zero-order chi connectivity index (χ0) is 12.7. The van der Waals surface area contributed by atoms with Gasteiger partial charge in [-0.25, -0.2) is 4.39 Å². The third-order valence-corrected chi connectivity index (χ3v) is 3.28. The maximum absolute atomic E-state index is 12.8. The van der Waals surface area contributed by atoms with Gasteiger partial charge in [0.15, 0.2) is 0 Å². The number of anilines is 1. The first-order valence-corrected chi connectivity index (χ1v) is 6.62. The van der Waals surface area contributed by atoms with E-state index in [2.05, 4.69) is 5.32 Å². The van der Waals surface area contributed by atoms with Crippen LogP contribution in [0, 0.1) is 5.82 Å². The molecule has 1 aromatic rings. The molecule has 4 nitrogen and oxygen atoms in total. The summed E-state index contributed by atoms with van der Waals surface area (Å²) in [6.45, 7) is -0.155. The summed E-state index contributed by atoms with van der Waals surface area (Å²) >= 11 is 0. The summed E-state index contributed by atoms with van der Waals surface area (Å²) in [6, 6.07) is 5.56. The summed E-state index contributed by atoms with van der Waals surface area (Å²) < 4.78 is 24.0. The van der Waals surface area contributed by atoms with Crippen LogP contribution in [0.4, 0.5) is 10.1 Å². The molecule has 1 amide bonds. The topological polar surface area (TPSA) is 66.4 Å². The number of nitrogens with one attached hydrogen (secondary N) is 1. The molecule has 0 aliphatic carbocycles. The fourth-order valence-electron chi connectivity index (χ4n) is 1.20. The Hall–Kier alpha value is -1.27. The van der Waals surface area contributed by atoms with Crippen molar-refractivity contribution in [2.24, 2.45) is 0 Å². The van der Waals surface area contributed by atoms with E-state index >= 15 is 0 Å². The highest BCUT2D eigenvalue weighted by molar-refractivity contribution is 7.85. The van der Waals surface area contributed by atoms with Crippen molar-refractivity contribution in [3.05, 3.63) is 30.1 Å². The Morgan fingerprint density at radius 1 is 1.41 bits per heavy atom. The molecule has 1 atom stereocenters. The number of benzene rings is 1. The normalized spacial score (nSPS) is 12.1. The molecule has 0 spiro atoms. The van der Waals surface area contributed by atoms with Gasteiger partial charge in [-0.05, 0) is 18.2 Å². The summed E-state index contributed by atoms with van der Waals surface area (Å²) in [6.07, 6.45) is 0.0864. The van der Waals surface area contributed by atoms with E-state index in [-0.39, 0.29) is 30.4 Å². The Morgan fingerprint density at radius 3 is 2.82 bits per heavy atom. The molecule has 1 aromatic carbocycles. The van der Waals surface area contributed by atoms with Gasteiger partial charge >= 0.3 is 0 Å². The van der Waals surface area contributed by atoms with E-state index in [9.17, 15) is 13.4 Å². The van der Waals surface area contributed by atoms with Gasteiger partial charge in [-0.1, -0.05) is 6.07 Å². The van der Waals surface area contributed by atoms with Gasteiger partial charge in [-0.3, -0.25) is 9.00 Å². The Labute approximate surface area is 101 Å². The molecule has 0 aliphatic rings. The van der Waals surface area contributed by atoms with Gasteiger partial charge in [0, 0.05) is 34.4 Å². The molecule has 0 bridgehead atoms. The maximum atomic E-state index is 12.8. The van der Waals surface area contributed by atoms with Gasteiger partial charge in [0.05, 0.1) is 6.61 Å². The van der Waals surface area contributed by atoms with Crippen LogP contribution < -0.4 is 5.32 Å². The molecule has 94 valence electrons. The zero-order valence-electron chi connectivity index (χ0n) is 9.19. The van der Waals surface area contributed by atoms with Crippen molar-refractivity contribution >= 4 is 22.4 Å². The highest BCUT2D eigenvalue weighted by Crippen LogP contribution is 2.09. The van der Waals surface area contributed by atoms with Crippen LogP contribution in [-0.2, 0) is 15.6 Å². The number of carbonyl (C=O) groups excluding carboxylic acids is 1. The van der Waals surface area contributed by atoms with E-state index in [1.807, 2.05) is 0 Å². The minimum Gasteiger partial charge on any atom is -0.395 e. The van der Waals surface area contributed by atoms with E-state index in [1.54, 1.807) is 6.07 Å². The van der Waals surface area contributed by atoms with Crippen LogP contribution in [0.3, 0.4) is 0 Å². The lowest BCUT2D eigenvalue weighted by molar-refractivity contribution is -0.115. The van der Waals surface area contributed by atoms with Gasteiger partial charge in [-0.2, -0.15) is 0 Å². The molecule has 17 heavy (non-hydrogen) atoms. The van der Waals surface area contributed by atoms with Crippen LogP contribution in [0.1, 0.15) is 6.42 Å². The fourth-order valence-corrected chi connectivity index (χ4v) is 2.02. The third kappa shape index (κ3) is 5.55. The number of amides is 1. The molecule has 6 heteroatoms. The first-order valence-electron chi connectivity index (χ1n) is 5.13. The Kier molecular flexibility index (Phi) is 5.79. The summed E-state index contributed by atoms with van der Waals surface area (Å²) in [4.78, 5) is 11.4. The van der Waals surface area contributed by atoms with Crippen LogP contribution in [0.5, 0.6) is 0 Å². The summed E-state index contributed by atoms with van der Waals surface area (Å²) in [5.74, 6) is -0.372. The smallest absolute Gasteiger partial charge is 0.225 e. The van der Waals surface area contributed by atoms with Crippen molar-refractivity contribution in [3.63, 3.8) is 0 Å². The predicted molar refractivity (Wildman–Crippen MR) is 64.6 cm³/mol. The lowest BCUT2D eigenvalue weighted by atomic mass is 10.3. The van der Waals surface area contributed by atoms with Gasteiger partial charge in [0.2, 0.25) is 5.91 Å². The second kappa shape index (κ2) is 7.13. The quantitative estimate of drug-likeness (QED) is 0.797. The lowest BCUT2D eigenvalue weighted by Crippen LogP contribution is -2.16. The molecule has 0 aromatic heterocycles. The SMILES string of the molecule is O=C(CCS(=O)CCO)Nc1cccc(F)c1. The number of halogens is 1. The molecule has 1 unspecified atom stereocenters. The highest BCUT2D eigenvalue weighted by atomic mass is 32.2. The van der Waals surface area contributed by atoms with Crippen LogP contribution in [0.2, 0.25) is 0 Å². The van der Waals surface area contributed by atoms with Crippen molar-refractivity contribution in [2.45, 2.75) is 6.42 Å². The molecule has 0 heterocycles. The maximum Gasteiger partial charge on any atom is 0.225 e. The van der Waals surface area contributed by atoms with Crippen LogP contribution >= 0.6 is 0 Å². The van der Waals surface area contributed by atoms with Crippen molar-refractivity contribution in [1.29, 1.82) is 0 Å². The summed E-state index contributed by atoms with van der Waals surface area (Å²) in [7, 11) is -1.19. The van der Waals surface area contributed by atoms with Crippen molar-refractivity contribution in [1.82, 2.24) is 0 Å². The second-order valence-electron chi connectivity index (χ2n) is 3.38. The minimum absolute atomic E-state index is 0.0864. The Bertz CT molecular complexity index is 411. The Morgan fingerprint density at radius 2 is 2.18 bits per heavy atom. The molecule has 0 aliphatic heterocycles. The van der Waals surface area contributed by atoms with E-state index < -0.39 is 16.6 Å². The first-order chi connectivity index (χ1) is 8.11. The molecule has 0 radical (unpaired) electrons. The fraction of sp³-hybridized carbons (Fsp3) is 0.364. The number of carbonyl (C=O) groups is 1. The number of aliphatic hydroxyl groups is 1. The standard InChI is InChI=1S/C11H14FNO3S/c12-9-2-1-3-10(8-9)13-11(15)4-6-17(16)7-5-14/h1-3,8,14H,4-7H2,(H,13,15). The Balaban J connectivity index is 2.37.